The summed E-state index contributed by atoms with van der Waals surface area (Å²) in [5.41, 5.74) is 0.705. The number of fused-ring (bicyclic) bond motifs is 1. The molecule has 2 N–H and O–H groups in total. The predicted octanol–water partition coefficient (Wildman–Crippen LogP) is 3.19. The second-order valence-corrected chi connectivity index (χ2v) is 8.87. The van der Waals surface area contributed by atoms with Gasteiger partial charge in [0.15, 0.2) is 5.82 Å². The molecule has 0 aliphatic rings. The van der Waals surface area contributed by atoms with E-state index in [-0.39, 0.29) is 35.8 Å². The van der Waals surface area contributed by atoms with Crippen molar-refractivity contribution in [3.63, 3.8) is 0 Å². The van der Waals surface area contributed by atoms with Gasteiger partial charge in [-0.15, -0.1) is 0 Å². The molecule has 3 rings (SSSR count). The topological polar surface area (TPSA) is 130 Å². The summed E-state index contributed by atoms with van der Waals surface area (Å²) in [4.78, 5) is 27.6. The number of rotatable bonds is 9. The van der Waals surface area contributed by atoms with Gasteiger partial charge in [-0.2, -0.15) is 4.98 Å². The molecule has 0 saturated carbocycles. The van der Waals surface area contributed by atoms with Crippen LogP contribution in [0.5, 0.6) is 0 Å². The molecule has 1 amide bonds. The summed E-state index contributed by atoms with van der Waals surface area (Å²) < 4.78 is 44.4. The minimum atomic E-state index is -3.05. The molecular formula is C20H19FIN3O6S. The summed E-state index contributed by atoms with van der Waals surface area (Å²) in [5, 5.41) is 11.7. The van der Waals surface area contributed by atoms with Gasteiger partial charge in [-0.25, -0.2) is 12.8 Å². The molecule has 0 saturated heterocycles. The predicted molar refractivity (Wildman–Crippen MR) is 125 cm³/mol. The number of anilines is 1. The number of furan rings is 1. The van der Waals surface area contributed by atoms with E-state index < -0.39 is 28.6 Å². The van der Waals surface area contributed by atoms with E-state index in [1.807, 2.05) is 22.6 Å². The van der Waals surface area contributed by atoms with Gasteiger partial charge in [0.25, 0.3) is 5.91 Å². The molecule has 0 atom stereocenters. The van der Waals surface area contributed by atoms with Gasteiger partial charge >= 0.3 is 5.97 Å². The third-order valence-corrected chi connectivity index (χ3v) is 6.21. The number of amides is 1. The number of hydrogen-bond donors (Lipinski definition) is 3. The van der Waals surface area contributed by atoms with Crippen LogP contribution in [0.3, 0.4) is 0 Å². The number of thiol groups is 1. The second kappa shape index (κ2) is 10.3. The van der Waals surface area contributed by atoms with Crippen molar-refractivity contribution in [3.05, 3.63) is 45.3 Å². The Hall–Kier alpha value is -2.74. The van der Waals surface area contributed by atoms with Gasteiger partial charge in [0.2, 0.25) is 16.6 Å². The van der Waals surface area contributed by atoms with Gasteiger partial charge in [0.1, 0.15) is 11.6 Å². The Morgan fingerprint density at radius 3 is 2.53 bits per heavy atom. The first-order valence-electron chi connectivity index (χ1n) is 9.47. The molecule has 2 heterocycles. The highest BCUT2D eigenvalue weighted by Gasteiger charge is 2.25. The largest absolute Gasteiger partial charge is 0.481 e. The molecule has 0 fully saturated rings. The summed E-state index contributed by atoms with van der Waals surface area (Å²) in [7, 11) is -1.59. The number of benzene rings is 1. The van der Waals surface area contributed by atoms with Crippen LogP contribution in [0, 0.1) is 9.39 Å². The molecule has 0 aliphatic carbocycles. The standard InChI is InChI=1S/C20H19FIN3O6S/c1-23-19(28)16-13-10-14(22)18(25(32(29)30)9-3-2-4-15(26)27)24-20(13)31-17(16)11-5-7-12(21)8-6-11/h5-8,10,32H,2-4,9H2,1H3,(H,23,28)(H,26,27). The van der Waals surface area contributed by atoms with Gasteiger partial charge in [-0.1, -0.05) is 0 Å². The van der Waals surface area contributed by atoms with Crippen molar-refractivity contribution in [2.24, 2.45) is 0 Å². The number of aromatic nitrogens is 1. The number of carbonyl (C=O) groups is 2. The summed E-state index contributed by atoms with van der Waals surface area (Å²) in [6.07, 6.45) is 0.569. The van der Waals surface area contributed by atoms with E-state index >= 15 is 0 Å². The summed E-state index contributed by atoms with van der Waals surface area (Å²) in [6, 6.07) is 7.01. The van der Waals surface area contributed by atoms with Gasteiger partial charge in [0.05, 0.1) is 14.5 Å². The van der Waals surface area contributed by atoms with Crippen molar-refractivity contribution in [3.8, 4) is 11.3 Å². The van der Waals surface area contributed by atoms with E-state index in [2.05, 4.69) is 10.3 Å². The van der Waals surface area contributed by atoms with Crippen molar-refractivity contribution in [1.82, 2.24) is 10.3 Å². The normalized spacial score (nSPS) is 11.1. The highest BCUT2D eigenvalue weighted by molar-refractivity contribution is 14.1. The van der Waals surface area contributed by atoms with E-state index in [0.717, 1.165) is 4.31 Å². The van der Waals surface area contributed by atoms with E-state index in [0.29, 0.717) is 27.4 Å². The molecule has 0 unspecified atom stereocenters. The van der Waals surface area contributed by atoms with Crippen LogP contribution >= 0.6 is 22.6 Å². The number of carboxylic acid groups (broad SMARTS) is 1. The average molecular weight is 575 g/mol. The number of carboxylic acids is 1. The molecule has 170 valence electrons. The molecule has 9 nitrogen and oxygen atoms in total. The highest BCUT2D eigenvalue weighted by atomic mass is 127. The molecule has 0 spiro atoms. The van der Waals surface area contributed by atoms with Crippen molar-refractivity contribution < 1.29 is 31.9 Å². The Bertz CT molecular complexity index is 1230. The summed E-state index contributed by atoms with van der Waals surface area (Å²) >= 11 is 1.92. The zero-order valence-corrected chi connectivity index (χ0v) is 19.9. The van der Waals surface area contributed by atoms with Gasteiger partial charge in [0, 0.05) is 25.6 Å². The van der Waals surface area contributed by atoms with Crippen LogP contribution in [0.2, 0.25) is 0 Å². The minimum Gasteiger partial charge on any atom is -0.481 e. The van der Waals surface area contributed by atoms with Gasteiger partial charge < -0.3 is 14.8 Å². The summed E-state index contributed by atoms with van der Waals surface area (Å²) in [6.45, 7) is 0.0499. The Morgan fingerprint density at radius 2 is 1.94 bits per heavy atom. The highest BCUT2D eigenvalue weighted by Crippen LogP contribution is 2.36. The van der Waals surface area contributed by atoms with Crippen LogP contribution in [0.25, 0.3) is 22.4 Å². The molecule has 12 heteroatoms. The quantitative estimate of drug-likeness (QED) is 0.203. The first-order valence-corrected chi connectivity index (χ1v) is 11.7. The molecular weight excluding hydrogens is 556 g/mol. The van der Waals surface area contributed by atoms with Crippen LogP contribution in [0.4, 0.5) is 10.2 Å². The SMILES string of the molecule is CNC(=O)c1c(-c2ccc(F)cc2)oc2nc(N(CCCCC(=O)O)[SH](=O)=O)c(I)cc12. The number of hydrogen-bond acceptors (Lipinski definition) is 6. The smallest absolute Gasteiger partial charge is 0.303 e. The second-order valence-electron chi connectivity index (χ2n) is 6.75. The van der Waals surface area contributed by atoms with Gasteiger partial charge in [-0.05, 0) is 65.8 Å². The lowest BCUT2D eigenvalue weighted by Crippen LogP contribution is -2.24. The van der Waals surface area contributed by atoms with Crippen LogP contribution in [0.1, 0.15) is 29.6 Å². The van der Waals surface area contributed by atoms with Crippen molar-refractivity contribution in [2.75, 3.05) is 17.9 Å². The van der Waals surface area contributed by atoms with E-state index in [9.17, 15) is 22.4 Å². The Kier molecular flexibility index (Phi) is 7.66. The van der Waals surface area contributed by atoms with Crippen LogP contribution < -0.4 is 9.62 Å². The molecule has 1 aromatic carbocycles. The van der Waals surface area contributed by atoms with E-state index in [4.69, 9.17) is 9.52 Å². The molecule has 0 radical (unpaired) electrons. The third-order valence-electron chi connectivity index (χ3n) is 4.63. The number of pyridine rings is 1. The Labute approximate surface area is 197 Å². The molecule has 2 aromatic heterocycles. The maximum atomic E-state index is 13.4. The zero-order chi connectivity index (χ0) is 23.4. The fourth-order valence-corrected chi connectivity index (χ4v) is 4.65. The zero-order valence-electron chi connectivity index (χ0n) is 16.8. The van der Waals surface area contributed by atoms with Crippen LogP contribution in [0.15, 0.2) is 34.7 Å². The number of carbonyl (C=O) groups excluding carboxylic acids is 1. The number of aliphatic carboxylic acids is 1. The molecule has 3 aromatic rings. The lowest BCUT2D eigenvalue weighted by atomic mass is 10.1. The lowest BCUT2D eigenvalue weighted by molar-refractivity contribution is -0.137. The minimum absolute atomic E-state index is 0.0470. The van der Waals surface area contributed by atoms with Crippen molar-refractivity contribution in [2.45, 2.75) is 19.3 Å². The Morgan fingerprint density at radius 1 is 1.25 bits per heavy atom. The average Bonchev–Trinajstić information content (AvgIpc) is 3.11. The number of unbranched alkanes of at least 4 members (excludes halogenated alkanes) is 1. The Balaban J connectivity index is 2.09. The van der Waals surface area contributed by atoms with Crippen LogP contribution in [-0.2, 0) is 15.7 Å². The van der Waals surface area contributed by atoms with Crippen molar-refractivity contribution >= 4 is 62.3 Å². The molecule has 32 heavy (non-hydrogen) atoms. The number of nitrogens with one attached hydrogen (secondary N) is 1. The third kappa shape index (κ3) is 5.18. The number of nitrogens with zero attached hydrogens (tertiary/aromatic N) is 2. The monoisotopic (exact) mass is 575 g/mol. The van der Waals surface area contributed by atoms with Crippen LogP contribution in [-0.4, -0.2) is 44.0 Å². The van der Waals surface area contributed by atoms with E-state index in [1.54, 1.807) is 6.07 Å². The molecule has 0 bridgehead atoms. The van der Waals surface area contributed by atoms with Crippen molar-refractivity contribution in [1.29, 1.82) is 0 Å². The molecule has 0 aliphatic heterocycles. The van der Waals surface area contributed by atoms with Gasteiger partial charge in [-0.3, -0.25) is 13.9 Å². The first kappa shape index (κ1) is 23.9. The van der Waals surface area contributed by atoms with E-state index in [1.165, 1.54) is 31.3 Å². The maximum absolute atomic E-state index is 13.4. The fraction of sp³-hybridized carbons (Fsp3) is 0.250. The maximum Gasteiger partial charge on any atom is 0.303 e. The first-order chi connectivity index (χ1) is 15.2. The lowest BCUT2D eigenvalue weighted by Gasteiger charge is -2.17. The number of halogens is 2. The summed E-state index contributed by atoms with van der Waals surface area (Å²) in [5.74, 6) is -1.54. The fourth-order valence-electron chi connectivity index (χ4n) is 3.13.